The Morgan fingerprint density at radius 2 is 1.61 bits per heavy atom. The number of fused-ring (bicyclic) bond motifs is 1. The van der Waals surface area contributed by atoms with Crippen molar-refractivity contribution >= 4 is 56.5 Å². The summed E-state index contributed by atoms with van der Waals surface area (Å²) in [7, 11) is 0. The molecule has 0 bridgehead atoms. The SMILES string of the molecule is Cc1ccc(-c2nc(NC(=O)C(C)Sc3cccc(NC(=O)c4ccc5ccccc5c4)c3)sc2C)cc1. The lowest BCUT2D eigenvalue weighted by Crippen LogP contribution is -2.22. The first-order chi connectivity index (χ1) is 18.4. The molecule has 2 amide bonds. The molecule has 2 N–H and O–H groups in total. The minimum Gasteiger partial charge on any atom is -0.322 e. The third-order valence-electron chi connectivity index (χ3n) is 6.14. The third kappa shape index (κ3) is 5.96. The average Bonchev–Trinajstić information content (AvgIpc) is 3.28. The summed E-state index contributed by atoms with van der Waals surface area (Å²) >= 11 is 2.91. The number of benzene rings is 4. The maximum Gasteiger partial charge on any atom is 0.255 e. The van der Waals surface area contributed by atoms with Gasteiger partial charge in [0.2, 0.25) is 5.91 Å². The quantitative estimate of drug-likeness (QED) is 0.207. The Balaban J connectivity index is 1.22. The fourth-order valence-electron chi connectivity index (χ4n) is 4.07. The van der Waals surface area contributed by atoms with Gasteiger partial charge in [0.05, 0.1) is 10.9 Å². The van der Waals surface area contributed by atoms with Crippen LogP contribution in [-0.4, -0.2) is 22.0 Å². The fraction of sp³-hybridized carbons (Fsp3) is 0.129. The van der Waals surface area contributed by atoms with Crippen molar-refractivity contribution in [1.82, 2.24) is 4.98 Å². The average molecular weight is 538 g/mol. The molecule has 0 radical (unpaired) electrons. The fourth-order valence-corrected chi connectivity index (χ4v) is 5.84. The molecule has 0 fully saturated rings. The molecule has 0 spiro atoms. The molecular weight excluding hydrogens is 510 g/mol. The van der Waals surface area contributed by atoms with Gasteiger partial charge in [-0.1, -0.05) is 66.2 Å². The molecule has 38 heavy (non-hydrogen) atoms. The predicted octanol–water partition coefficient (Wildman–Crippen LogP) is 7.95. The van der Waals surface area contributed by atoms with Crippen molar-refractivity contribution in [1.29, 1.82) is 0 Å². The zero-order valence-corrected chi connectivity index (χ0v) is 23.0. The molecule has 4 aromatic carbocycles. The molecule has 1 atom stereocenters. The number of thiazole rings is 1. The van der Waals surface area contributed by atoms with Gasteiger partial charge in [0.25, 0.3) is 5.91 Å². The van der Waals surface area contributed by atoms with Crippen molar-refractivity contribution in [2.75, 3.05) is 10.6 Å². The van der Waals surface area contributed by atoms with Crippen LogP contribution in [-0.2, 0) is 4.79 Å². The van der Waals surface area contributed by atoms with Crippen LogP contribution in [0.15, 0.2) is 95.9 Å². The standard InChI is InChI=1S/C31H27N3O2S2/c1-19-11-13-23(14-12-19)28-20(2)38-31(33-28)34-29(35)21(3)37-27-10-6-9-26(18-27)32-30(36)25-16-15-22-7-4-5-8-24(22)17-25/h4-18,21H,1-3H3,(H,32,36)(H,33,34,35). The van der Waals surface area contributed by atoms with Crippen LogP contribution in [0.4, 0.5) is 10.8 Å². The number of rotatable bonds is 7. The number of carbonyl (C=O) groups is 2. The van der Waals surface area contributed by atoms with Crippen molar-refractivity contribution in [2.24, 2.45) is 0 Å². The van der Waals surface area contributed by atoms with Crippen LogP contribution in [0, 0.1) is 13.8 Å². The number of amides is 2. The summed E-state index contributed by atoms with van der Waals surface area (Å²) in [5, 5.41) is 8.28. The summed E-state index contributed by atoms with van der Waals surface area (Å²) in [4.78, 5) is 32.4. The number of nitrogens with one attached hydrogen (secondary N) is 2. The van der Waals surface area contributed by atoms with E-state index in [4.69, 9.17) is 0 Å². The van der Waals surface area contributed by atoms with Gasteiger partial charge in [0, 0.05) is 26.6 Å². The van der Waals surface area contributed by atoms with Crippen molar-refractivity contribution in [3.63, 3.8) is 0 Å². The van der Waals surface area contributed by atoms with Gasteiger partial charge in [-0.15, -0.1) is 23.1 Å². The minimum atomic E-state index is -0.353. The molecule has 0 aliphatic heterocycles. The number of aryl methyl sites for hydroxylation is 2. The summed E-state index contributed by atoms with van der Waals surface area (Å²) < 4.78 is 0. The van der Waals surface area contributed by atoms with Gasteiger partial charge in [-0.3, -0.25) is 9.59 Å². The van der Waals surface area contributed by atoms with Gasteiger partial charge in [0.15, 0.2) is 5.13 Å². The Bertz CT molecular complexity index is 1630. The van der Waals surface area contributed by atoms with E-state index in [9.17, 15) is 9.59 Å². The molecule has 0 saturated carbocycles. The van der Waals surface area contributed by atoms with Crippen molar-refractivity contribution < 1.29 is 9.59 Å². The first-order valence-electron chi connectivity index (χ1n) is 12.3. The Kier molecular flexibility index (Phi) is 7.58. The highest BCUT2D eigenvalue weighted by atomic mass is 32.2. The van der Waals surface area contributed by atoms with Crippen molar-refractivity contribution in [3.8, 4) is 11.3 Å². The lowest BCUT2D eigenvalue weighted by Gasteiger charge is -2.12. The van der Waals surface area contributed by atoms with Gasteiger partial charge in [0.1, 0.15) is 0 Å². The number of aromatic nitrogens is 1. The Morgan fingerprint density at radius 1 is 0.842 bits per heavy atom. The highest BCUT2D eigenvalue weighted by Gasteiger charge is 2.18. The largest absolute Gasteiger partial charge is 0.322 e. The molecule has 0 saturated heterocycles. The molecule has 1 aromatic heterocycles. The molecule has 0 aliphatic rings. The molecule has 5 rings (SSSR count). The second kappa shape index (κ2) is 11.2. The number of anilines is 2. The van der Waals surface area contributed by atoms with Crippen LogP contribution >= 0.6 is 23.1 Å². The summed E-state index contributed by atoms with van der Waals surface area (Å²) in [5.74, 6) is -0.294. The van der Waals surface area contributed by atoms with E-state index >= 15 is 0 Å². The van der Waals surface area contributed by atoms with Gasteiger partial charge in [-0.05, 0) is 61.9 Å². The Morgan fingerprint density at radius 3 is 2.39 bits per heavy atom. The lowest BCUT2D eigenvalue weighted by atomic mass is 10.1. The molecular formula is C31H27N3O2S2. The third-order valence-corrected chi connectivity index (χ3v) is 8.12. The second-order valence-corrected chi connectivity index (χ2v) is 11.7. The van der Waals surface area contributed by atoms with Gasteiger partial charge in [-0.2, -0.15) is 0 Å². The summed E-state index contributed by atoms with van der Waals surface area (Å²) in [6.45, 7) is 5.93. The topological polar surface area (TPSA) is 71.1 Å². The normalized spacial score (nSPS) is 11.8. The number of thioether (sulfide) groups is 1. The Hall–Kier alpha value is -3.94. The molecule has 1 unspecified atom stereocenters. The van der Waals surface area contributed by atoms with Crippen LogP contribution in [0.5, 0.6) is 0 Å². The van der Waals surface area contributed by atoms with E-state index < -0.39 is 0 Å². The van der Waals surface area contributed by atoms with Crippen molar-refractivity contribution in [2.45, 2.75) is 30.9 Å². The van der Waals surface area contributed by atoms with Crippen LogP contribution in [0.3, 0.4) is 0 Å². The lowest BCUT2D eigenvalue weighted by molar-refractivity contribution is -0.115. The Labute approximate surface area is 230 Å². The van der Waals surface area contributed by atoms with E-state index in [0.29, 0.717) is 16.4 Å². The summed E-state index contributed by atoms with van der Waals surface area (Å²) in [6, 6.07) is 29.4. The van der Waals surface area contributed by atoms with Crippen LogP contribution in [0.25, 0.3) is 22.0 Å². The highest BCUT2D eigenvalue weighted by molar-refractivity contribution is 8.00. The molecule has 0 aliphatic carbocycles. The number of nitrogens with zero attached hydrogens (tertiary/aromatic N) is 1. The summed E-state index contributed by atoms with van der Waals surface area (Å²) in [6.07, 6.45) is 0. The number of hydrogen-bond donors (Lipinski definition) is 2. The smallest absolute Gasteiger partial charge is 0.255 e. The monoisotopic (exact) mass is 537 g/mol. The van der Waals surface area contributed by atoms with Gasteiger partial charge in [-0.25, -0.2) is 4.98 Å². The zero-order chi connectivity index (χ0) is 26.6. The van der Waals surface area contributed by atoms with Crippen LogP contribution in [0.2, 0.25) is 0 Å². The minimum absolute atomic E-state index is 0.121. The second-order valence-electron chi connectivity index (χ2n) is 9.08. The van der Waals surface area contributed by atoms with Crippen molar-refractivity contribution in [3.05, 3.63) is 107 Å². The van der Waals surface area contributed by atoms with Crippen LogP contribution < -0.4 is 10.6 Å². The van der Waals surface area contributed by atoms with Gasteiger partial charge >= 0.3 is 0 Å². The molecule has 7 heteroatoms. The number of carbonyl (C=O) groups excluding carboxylic acids is 2. The molecule has 1 heterocycles. The van der Waals surface area contributed by atoms with E-state index in [0.717, 1.165) is 31.8 Å². The summed E-state index contributed by atoms with van der Waals surface area (Å²) in [5.41, 5.74) is 4.39. The predicted molar refractivity (Wildman–Crippen MR) is 159 cm³/mol. The maximum absolute atomic E-state index is 12.9. The number of hydrogen-bond acceptors (Lipinski definition) is 5. The molecule has 190 valence electrons. The first kappa shape index (κ1) is 25.7. The zero-order valence-electron chi connectivity index (χ0n) is 21.3. The highest BCUT2D eigenvalue weighted by Crippen LogP contribution is 2.32. The molecule has 5 aromatic rings. The first-order valence-corrected chi connectivity index (χ1v) is 14.0. The van der Waals surface area contributed by atoms with E-state index in [1.165, 1.54) is 28.7 Å². The molecule has 5 nitrogen and oxygen atoms in total. The van der Waals surface area contributed by atoms with E-state index in [-0.39, 0.29) is 17.1 Å². The van der Waals surface area contributed by atoms with E-state index in [1.54, 1.807) is 0 Å². The van der Waals surface area contributed by atoms with Gasteiger partial charge < -0.3 is 10.6 Å². The van der Waals surface area contributed by atoms with Crippen LogP contribution in [0.1, 0.15) is 27.7 Å². The maximum atomic E-state index is 12.9. The van der Waals surface area contributed by atoms with E-state index in [2.05, 4.69) is 34.7 Å². The van der Waals surface area contributed by atoms with E-state index in [1.807, 2.05) is 92.7 Å².